The van der Waals surface area contributed by atoms with Crippen LogP contribution in [0.2, 0.25) is 0 Å². The van der Waals surface area contributed by atoms with Crippen LogP contribution in [0.25, 0.3) is 0 Å². The van der Waals surface area contributed by atoms with Crippen LogP contribution >= 0.6 is 0 Å². The molecule has 0 radical (unpaired) electrons. The molecule has 1 saturated carbocycles. The molecule has 0 heterocycles. The highest BCUT2D eigenvalue weighted by molar-refractivity contribution is 6.00. The first-order valence-corrected chi connectivity index (χ1v) is 7.05. The van der Waals surface area contributed by atoms with Gasteiger partial charge < -0.3 is 4.74 Å². The molecule has 0 spiro atoms. The van der Waals surface area contributed by atoms with E-state index in [0.29, 0.717) is 17.9 Å². The smallest absolute Gasteiger partial charge is 0.180 e. The third kappa shape index (κ3) is 3.80. The van der Waals surface area contributed by atoms with Gasteiger partial charge in [0.05, 0.1) is 19.2 Å². The quantitative estimate of drug-likeness (QED) is 0.737. The highest BCUT2D eigenvalue weighted by atomic mass is 16.5. The second-order valence-corrected chi connectivity index (χ2v) is 5.47. The molecule has 1 aromatic rings. The number of benzene rings is 1. The molecule has 0 aromatic heterocycles. The highest BCUT2D eigenvalue weighted by Gasteiger charge is 2.19. The van der Waals surface area contributed by atoms with E-state index in [9.17, 15) is 4.79 Å². The lowest BCUT2D eigenvalue weighted by Crippen LogP contribution is -2.30. The van der Waals surface area contributed by atoms with Gasteiger partial charge >= 0.3 is 0 Å². The first-order valence-electron chi connectivity index (χ1n) is 7.05. The van der Waals surface area contributed by atoms with E-state index in [1.165, 1.54) is 25.7 Å². The van der Waals surface area contributed by atoms with Crippen LogP contribution in [0.4, 0.5) is 0 Å². The number of hydrogen-bond donors (Lipinski definition) is 0. The molecule has 0 atom stereocenters. The molecule has 19 heavy (non-hydrogen) atoms. The van der Waals surface area contributed by atoms with Crippen molar-refractivity contribution in [1.29, 1.82) is 0 Å². The van der Waals surface area contributed by atoms with Crippen LogP contribution in [0.1, 0.15) is 36.0 Å². The summed E-state index contributed by atoms with van der Waals surface area (Å²) in [5.41, 5.74) is 0.684. The van der Waals surface area contributed by atoms with E-state index in [1.54, 1.807) is 7.11 Å². The minimum atomic E-state index is 0.137. The Labute approximate surface area is 115 Å². The summed E-state index contributed by atoms with van der Waals surface area (Å²) >= 11 is 0. The molecule has 0 unspecified atom stereocenters. The molecule has 3 heteroatoms. The van der Waals surface area contributed by atoms with Gasteiger partial charge in [-0.3, -0.25) is 9.69 Å². The molecule has 0 saturated heterocycles. The Morgan fingerprint density at radius 1 is 1.32 bits per heavy atom. The van der Waals surface area contributed by atoms with Crippen molar-refractivity contribution < 1.29 is 9.53 Å². The van der Waals surface area contributed by atoms with Crippen LogP contribution in [0.3, 0.4) is 0 Å². The van der Waals surface area contributed by atoms with Gasteiger partial charge in [-0.2, -0.15) is 0 Å². The summed E-state index contributed by atoms with van der Waals surface area (Å²) in [7, 11) is 3.64. The number of ketones is 1. The standard InChI is InChI=1S/C16H23NO2/c1-17(11-13-7-3-4-8-13)12-15(18)14-9-5-6-10-16(14)19-2/h5-6,9-10,13H,3-4,7-8,11-12H2,1-2H3. The molecule has 1 fully saturated rings. The molecule has 104 valence electrons. The summed E-state index contributed by atoms with van der Waals surface area (Å²) in [6, 6.07) is 7.44. The molecule has 0 aliphatic heterocycles. The van der Waals surface area contributed by atoms with E-state index < -0.39 is 0 Å². The minimum Gasteiger partial charge on any atom is -0.496 e. The van der Waals surface area contributed by atoms with Crippen molar-refractivity contribution in [2.24, 2.45) is 5.92 Å². The maximum atomic E-state index is 12.3. The van der Waals surface area contributed by atoms with Crippen LogP contribution < -0.4 is 4.74 Å². The molecular formula is C16H23NO2. The molecule has 3 nitrogen and oxygen atoms in total. The lowest BCUT2D eigenvalue weighted by Gasteiger charge is -2.20. The van der Waals surface area contributed by atoms with E-state index in [4.69, 9.17) is 4.74 Å². The fourth-order valence-corrected chi connectivity index (χ4v) is 2.90. The summed E-state index contributed by atoms with van der Waals surface area (Å²) in [6.07, 6.45) is 5.32. The Hall–Kier alpha value is -1.35. The Bertz CT molecular complexity index is 425. The number of methoxy groups -OCH3 is 1. The third-order valence-corrected chi connectivity index (χ3v) is 3.87. The van der Waals surface area contributed by atoms with Gasteiger partial charge in [-0.25, -0.2) is 0 Å². The summed E-state index contributed by atoms with van der Waals surface area (Å²) < 4.78 is 5.24. The van der Waals surface area contributed by atoms with Crippen LogP contribution in [0, 0.1) is 5.92 Å². The molecule has 2 rings (SSSR count). The minimum absolute atomic E-state index is 0.137. The average Bonchev–Trinajstić information content (AvgIpc) is 2.91. The van der Waals surface area contributed by atoms with Crippen LogP contribution in [0.5, 0.6) is 5.75 Å². The monoisotopic (exact) mass is 261 g/mol. The number of carbonyl (C=O) groups excluding carboxylic acids is 1. The van der Waals surface area contributed by atoms with Crippen LogP contribution in [-0.4, -0.2) is 37.9 Å². The van der Waals surface area contributed by atoms with Crippen molar-refractivity contribution in [2.75, 3.05) is 27.2 Å². The normalized spacial score (nSPS) is 15.9. The topological polar surface area (TPSA) is 29.5 Å². The molecular weight excluding hydrogens is 238 g/mol. The van der Waals surface area contributed by atoms with E-state index in [0.717, 1.165) is 12.5 Å². The zero-order chi connectivity index (χ0) is 13.7. The van der Waals surface area contributed by atoms with Crippen LogP contribution in [0.15, 0.2) is 24.3 Å². The Morgan fingerprint density at radius 3 is 2.68 bits per heavy atom. The Morgan fingerprint density at radius 2 is 2.00 bits per heavy atom. The average molecular weight is 261 g/mol. The van der Waals surface area contributed by atoms with Gasteiger partial charge in [0.25, 0.3) is 0 Å². The third-order valence-electron chi connectivity index (χ3n) is 3.87. The van der Waals surface area contributed by atoms with E-state index in [-0.39, 0.29) is 5.78 Å². The van der Waals surface area contributed by atoms with E-state index in [1.807, 2.05) is 31.3 Å². The summed E-state index contributed by atoms with van der Waals surface area (Å²) in [6.45, 7) is 1.50. The Balaban J connectivity index is 1.92. The van der Waals surface area contributed by atoms with Gasteiger partial charge in [-0.15, -0.1) is 0 Å². The molecule has 0 amide bonds. The number of nitrogens with zero attached hydrogens (tertiary/aromatic N) is 1. The zero-order valence-corrected chi connectivity index (χ0v) is 11.9. The number of carbonyl (C=O) groups is 1. The van der Waals surface area contributed by atoms with Gasteiger partial charge in [0.2, 0.25) is 0 Å². The summed E-state index contributed by atoms with van der Waals surface area (Å²) in [5.74, 6) is 1.58. The summed E-state index contributed by atoms with van der Waals surface area (Å²) in [5, 5.41) is 0. The second-order valence-electron chi connectivity index (χ2n) is 5.47. The van der Waals surface area contributed by atoms with Gasteiger partial charge in [-0.1, -0.05) is 25.0 Å². The van der Waals surface area contributed by atoms with Crippen LogP contribution in [-0.2, 0) is 0 Å². The number of ether oxygens (including phenoxy) is 1. The molecule has 0 bridgehead atoms. The van der Waals surface area contributed by atoms with Crippen molar-refractivity contribution in [3.05, 3.63) is 29.8 Å². The number of hydrogen-bond acceptors (Lipinski definition) is 3. The molecule has 0 N–H and O–H groups in total. The number of rotatable bonds is 6. The largest absolute Gasteiger partial charge is 0.496 e. The predicted molar refractivity (Wildman–Crippen MR) is 76.8 cm³/mol. The fraction of sp³-hybridized carbons (Fsp3) is 0.562. The van der Waals surface area contributed by atoms with Gasteiger partial charge in [0.15, 0.2) is 5.78 Å². The number of para-hydroxylation sites is 1. The summed E-state index contributed by atoms with van der Waals surface area (Å²) in [4.78, 5) is 14.4. The predicted octanol–water partition coefficient (Wildman–Crippen LogP) is 3.00. The van der Waals surface area contributed by atoms with Gasteiger partial charge in [0, 0.05) is 6.54 Å². The van der Waals surface area contributed by atoms with Crippen molar-refractivity contribution in [1.82, 2.24) is 4.90 Å². The lowest BCUT2D eigenvalue weighted by atomic mass is 10.1. The SMILES string of the molecule is COc1ccccc1C(=O)CN(C)CC1CCCC1. The maximum absolute atomic E-state index is 12.3. The maximum Gasteiger partial charge on any atom is 0.180 e. The van der Waals surface area contributed by atoms with Crippen molar-refractivity contribution in [2.45, 2.75) is 25.7 Å². The molecule has 1 aliphatic carbocycles. The van der Waals surface area contributed by atoms with Crippen molar-refractivity contribution >= 4 is 5.78 Å². The lowest BCUT2D eigenvalue weighted by molar-refractivity contribution is 0.0935. The number of likely N-dealkylation sites (N-methyl/N-ethyl adjacent to an activating group) is 1. The highest BCUT2D eigenvalue weighted by Crippen LogP contribution is 2.25. The van der Waals surface area contributed by atoms with Crippen molar-refractivity contribution in [3.63, 3.8) is 0 Å². The van der Waals surface area contributed by atoms with Gasteiger partial charge in [-0.05, 0) is 37.9 Å². The zero-order valence-electron chi connectivity index (χ0n) is 11.9. The van der Waals surface area contributed by atoms with Gasteiger partial charge in [0.1, 0.15) is 5.75 Å². The number of Topliss-reactive ketones (excluding diaryl/α,β-unsaturated/α-hetero) is 1. The van der Waals surface area contributed by atoms with E-state index in [2.05, 4.69) is 4.90 Å². The molecule has 1 aliphatic rings. The first-order chi connectivity index (χ1) is 9.20. The molecule has 1 aromatic carbocycles. The first kappa shape index (κ1) is 14.1. The Kier molecular flexibility index (Phi) is 4.97. The van der Waals surface area contributed by atoms with E-state index >= 15 is 0 Å². The fourth-order valence-electron chi connectivity index (χ4n) is 2.90. The van der Waals surface area contributed by atoms with Crippen molar-refractivity contribution in [3.8, 4) is 5.75 Å². The second kappa shape index (κ2) is 6.71.